The van der Waals surface area contributed by atoms with Crippen molar-refractivity contribution < 1.29 is 0 Å². The Hall–Kier alpha value is -1.35. The van der Waals surface area contributed by atoms with Crippen LogP contribution in [0.5, 0.6) is 0 Å². The second-order valence-electron chi connectivity index (χ2n) is 3.02. The highest BCUT2D eigenvalue weighted by molar-refractivity contribution is 5.75. The van der Waals surface area contributed by atoms with E-state index in [-0.39, 0.29) is 0 Å². The first-order chi connectivity index (χ1) is 6.42. The van der Waals surface area contributed by atoms with Crippen molar-refractivity contribution in [3.8, 4) is 0 Å². The van der Waals surface area contributed by atoms with E-state index in [1.54, 1.807) is 0 Å². The first-order valence-corrected chi connectivity index (χ1v) is 4.46. The van der Waals surface area contributed by atoms with Gasteiger partial charge in [-0.2, -0.15) is 0 Å². The van der Waals surface area contributed by atoms with Gasteiger partial charge in [-0.05, 0) is 25.2 Å². The zero-order valence-corrected chi connectivity index (χ0v) is 7.70. The van der Waals surface area contributed by atoms with Crippen LogP contribution in [0.1, 0.15) is 0 Å². The van der Waals surface area contributed by atoms with Crippen LogP contribution in [0.15, 0.2) is 30.6 Å². The number of likely N-dealkylation sites (N-methyl/N-ethyl adjacent to an activating group) is 1. The van der Waals surface area contributed by atoms with Crippen molar-refractivity contribution in [2.75, 3.05) is 13.6 Å². The van der Waals surface area contributed by atoms with Crippen molar-refractivity contribution in [3.05, 3.63) is 30.6 Å². The van der Waals surface area contributed by atoms with Gasteiger partial charge in [0, 0.05) is 25.5 Å². The fraction of sp³-hybridized carbons (Fsp3) is 0.300. The lowest BCUT2D eigenvalue weighted by Crippen LogP contribution is -2.14. The summed E-state index contributed by atoms with van der Waals surface area (Å²) in [5.41, 5.74) is 2.27. The monoisotopic (exact) mass is 175 g/mol. The second kappa shape index (κ2) is 3.58. The van der Waals surface area contributed by atoms with Crippen LogP contribution in [0.3, 0.4) is 0 Å². The lowest BCUT2D eigenvalue weighted by atomic mass is 10.4. The number of pyridine rings is 1. The number of nitrogens with zero attached hydrogens (tertiary/aromatic N) is 2. The predicted octanol–water partition coefficient (Wildman–Crippen LogP) is 1.26. The van der Waals surface area contributed by atoms with Gasteiger partial charge in [0.2, 0.25) is 0 Å². The van der Waals surface area contributed by atoms with Gasteiger partial charge in [-0.3, -0.25) is 4.98 Å². The third kappa shape index (κ3) is 1.55. The maximum atomic E-state index is 4.27. The number of aromatic nitrogens is 2. The van der Waals surface area contributed by atoms with Gasteiger partial charge in [0.25, 0.3) is 0 Å². The molecule has 0 spiro atoms. The molecule has 2 rings (SSSR count). The molecule has 2 aromatic rings. The van der Waals surface area contributed by atoms with Gasteiger partial charge in [0.05, 0.1) is 11.0 Å². The van der Waals surface area contributed by atoms with Crippen LogP contribution in [0.2, 0.25) is 0 Å². The second-order valence-corrected chi connectivity index (χ2v) is 3.02. The molecule has 0 aliphatic carbocycles. The Labute approximate surface area is 77.4 Å². The summed E-state index contributed by atoms with van der Waals surface area (Å²) < 4.78 is 2.21. The fourth-order valence-corrected chi connectivity index (χ4v) is 1.45. The molecule has 3 nitrogen and oxygen atoms in total. The normalized spacial score (nSPS) is 10.8. The van der Waals surface area contributed by atoms with Crippen molar-refractivity contribution in [3.63, 3.8) is 0 Å². The van der Waals surface area contributed by atoms with Crippen molar-refractivity contribution in [1.82, 2.24) is 14.9 Å². The van der Waals surface area contributed by atoms with E-state index in [1.165, 1.54) is 5.52 Å². The summed E-state index contributed by atoms with van der Waals surface area (Å²) in [5, 5.41) is 3.13. The van der Waals surface area contributed by atoms with E-state index in [4.69, 9.17) is 0 Å². The van der Waals surface area contributed by atoms with E-state index < -0.39 is 0 Å². The summed E-state index contributed by atoms with van der Waals surface area (Å²) in [6.45, 7) is 1.98. The molecular formula is C10H13N3. The summed E-state index contributed by atoms with van der Waals surface area (Å²) >= 11 is 0. The third-order valence-corrected chi connectivity index (χ3v) is 2.14. The SMILES string of the molecule is CNCCn1ccc2ncccc21. The molecule has 0 aliphatic rings. The molecule has 0 saturated carbocycles. The molecule has 0 amide bonds. The van der Waals surface area contributed by atoms with E-state index in [2.05, 4.69) is 27.1 Å². The Bertz CT molecular complexity index is 392. The van der Waals surface area contributed by atoms with Gasteiger partial charge in [-0.15, -0.1) is 0 Å². The van der Waals surface area contributed by atoms with Crippen molar-refractivity contribution >= 4 is 11.0 Å². The quantitative estimate of drug-likeness (QED) is 0.761. The Morgan fingerprint density at radius 3 is 3.23 bits per heavy atom. The van der Waals surface area contributed by atoms with Crippen LogP contribution in [-0.4, -0.2) is 23.1 Å². The largest absolute Gasteiger partial charge is 0.345 e. The average molecular weight is 175 g/mol. The van der Waals surface area contributed by atoms with E-state index in [1.807, 2.05) is 25.4 Å². The van der Waals surface area contributed by atoms with E-state index in [0.717, 1.165) is 18.6 Å². The molecule has 0 aromatic carbocycles. The summed E-state index contributed by atoms with van der Waals surface area (Å²) in [4.78, 5) is 4.27. The van der Waals surface area contributed by atoms with E-state index in [0.29, 0.717) is 0 Å². The molecule has 0 aliphatic heterocycles. The van der Waals surface area contributed by atoms with Gasteiger partial charge < -0.3 is 9.88 Å². The Morgan fingerprint density at radius 2 is 2.38 bits per heavy atom. The molecule has 3 heteroatoms. The average Bonchev–Trinajstić information content (AvgIpc) is 2.58. The van der Waals surface area contributed by atoms with Crippen molar-refractivity contribution in [2.24, 2.45) is 0 Å². The molecule has 1 N–H and O–H groups in total. The smallest absolute Gasteiger partial charge is 0.0880 e. The molecule has 0 fully saturated rings. The highest BCUT2D eigenvalue weighted by atomic mass is 15.0. The molecule has 2 aromatic heterocycles. The predicted molar refractivity (Wildman–Crippen MR) is 53.7 cm³/mol. The number of hydrogen-bond donors (Lipinski definition) is 1. The zero-order valence-electron chi connectivity index (χ0n) is 7.70. The first kappa shape index (κ1) is 8.26. The minimum Gasteiger partial charge on any atom is -0.345 e. The van der Waals surface area contributed by atoms with Gasteiger partial charge >= 0.3 is 0 Å². The lowest BCUT2D eigenvalue weighted by Gasteiger charge is -2.03. The Kier molecular flexibility index (Phi) is 2.27. The van der Waals surface area contributed by atoms with Crippen LogP contribution in [0, 0.1) is 0 Å². The molecule has 0 radical (unpaired) electrons. The van der Waals surface area contributed by atoms with Crippen LogP contribution >= 0.6 is 0 Å². The van der Waals surface area contributed by atoms with Crippen LogP contribution in [-0.2, 0) is 6.54 Å². The minimum atomic E-state index is 0.985. The Balaban J connectivity index is 2.35. The molecule has 13 heavy (non-hydrogen) atoms. The van der Waals surface area contributed by atoms with Crippen LogP contribution in [0.4, 0.5) is 0 Å². The topological polar surface area (TPSA) is 29.9 Å². The molecule has 68 valence electrons. The minimum absolute atomic E-state index is 0.985. The number of nitrogens with one attached hydrogen (secondary N) is 1. The zero-order chi connectivity index (χ0) is 9.10. The summed E-state index contributed by atoms with van der Waals surface area (Å²) in [6.07, 6.45) is 3.90. The molecular weight excluding hydrogens is 162 g/mol. The van der Waals surface area contributed by atoms with Crippen molar-refractivity contribution in [2.45, 2.75) is 6.54 Å². The lowest BCUT2D eigenvalue weighted by molar-refractivity contribution is 0.662. The molecule has 2 heterocycles. The van der Waals surface area contributed by atoms with Crippen molar-refractivity contribution in [1.29, 1.82) is 0 Å². The van der Waals surface area contributed by atoms with Gasteiger partial charge in [0.1, 0.15) is 0 Å². The molecule has 0 unspecified atom stereocenters. The standard InChI is InChI=1S/C10H13N3/c1-11-6-8-13-7-4-9-10(13)3-2-5-12-9/h2-5,7,11H,6,8H2,1H3. The van der Waals surface area contributed by atoms with E-state index >= 15 is 0 Å². The van der Waals surface area contributed by atoms with Gasteiger partial charge in [-0.25, -0.2) is 0 Å². The number of hydrogen-bond acceptors (Lipinski definition) is 2. The van der Waals surface area contributed by atoms with Gasteiger partial charge in [0.15, 0.2) is 0 Å². The Morgan fingerprint density at radius 1 is 1.46 bits per heavy atom. The number of fused-ring (bicyclic) bond motifs is 1. The fourth-order valence-electron chi connectivity index (χ4n) is 1.45. The first-order valence-electron chi connectivity index (χ1n) is 4.46. The maximum absolute atomic E-state index is 4.27. The highest BCUT2D eigenvalue weighted by Gasteiger charge is 1.98. The van der Waals surface area contributed by atoms with Crippen LogP contribution in [0.25, 0.3) is 11.0 Å². The molecule has 0 saturated heterocycles. The van der Waals surface area contributed by atoms with Crippen LogP contribution < -0.4 is 5.32 Å². The third-order valence-electron chi connectivity index (χ3n) is 2.14. The summed E-state index contributed by atoms with van der Waals surface area (Å²) in [6, 6.07) is 6.11. The summed E-state index contributed by atoms with van der Waals surface area (Å²) in [5.74, 6) is 0. The number of rotatable bonds is 3. The highest BCUT2D eigenvalue weighted by Crippen LogP contribution is 2.11. The van der Waals surface area contributed by atoms with E-state index in [9.17, 15) is 0 Å². The molecule has 0 bridgehead atoms. The molecule has 0 atom stereocenters. The van der Waals surface area contributed by atoms with Gasteiger partial charge in [-0.1, -0.05) is 0 Å². The summed E-state index contributed by atoms with van der Waals surface area (Å²) in [7, 11) is 1.96. The maximum Gasteiger partial charge on any atom is 0.0880 e.